The number of hydrogen-bond acceptors (Lipinski definition) is 5. The summed E-state index contributed by atoms with van der Waals surface area (Å²) in [5.74, 6) is 0.00154. The monoisotopic (exact) mass is 390 g/mol. The molecule has 2 aliphatic rings. The predicted molar refractivity (Wildman–Crippen MR) is 97.4 cm³/mol. The van der Waals surface area contributed by atoms with Gasteiger partial charge in [-0.1, -0.05) is 5.57 Å². The smallest absolute Gasteiger partial charge is 0.396 e. The minimum atomic E-state index is -4.45. The van der Waals surface area contributed by atoms with Crippen molar-refractivity contribution in [3.8, 4) is 11.3 Å². The highest BCUT2D eigenvalue weighted by atomic mass is 19.4. The summed E-state index contributed by atoms with van der Waals surface area (Å²) in [4.78, 5) is 22.2. The summed E-state index contributed by atoms with van der Waals surface area (Å²) in [5.41, 5.74) is 7.18. The van der Waals surface area contributed by atoms with Gasteiger partial charge in [0.1, 0.15) is 6.61 Å². The number of ether oxygens (including phenoxy) is 1. The topological polar surface area (TPSA) is 81.3 Å². The average Bonchev–Trinajstić information content (AvgIpc) is 2.98. The first kappa shape index (κ1) is 18.4. The molecule has 0 aromatic carbocycles. The van der Waals surface area contributed by atoms with Gasteiger partial charge >= 0.3 is 6.18 Å². The van der Waals surface area contributed by atoms with Crippen molar-refractivity contribution in [2.24, 2.45) is 0 Å². The molecule has 28 heavy (non-hydrogen) atoms. The van der Waals surface area contributed by atoms with Crippen LogP contribution in [0.25, 0.3) is 16.8 Å². The minimum absolute atomic E-state index is 0.0647. The van der Waals surface area contributed by atoms with Gasteiger partial charge in [0.2, 0.25) is 0 Å². The molecule has 6 nitrogen and oxygen atoms in total. The SMILES string of the molecule is CC1=C(C(F)(F)F)c2cc(-c3ccc(N)c(N4CCOCC4=O)n3)cnc2C1. The number of hydrogen-bond donors (Lipinski definition) is 1. The van der Waals surface area contributed by atoms with E-state index in [-0.39, 0.29) is 35.9 Å². The van der Waals surface area contributed by atoms with Crippen LogP contribution in [0.5, 0.6) is 0 Å². The fourth-order valence-electron chi connectivity index (χ4n) is 3.53. The largest absolute Gasteiger partial charge is 0.417 e. The van der Waals surface area contributed by atoms with Gasteiger partial charge in [-0.3, -0.25) is 14.7 Å². The van der Waals surface area contributed by atoms with Gasteiger partial charge in [0.25, 0.3) is 5.91 Å². The number of aromatic nitrogens is 2. The molecular weight excluding hydrogens is 373 g/mol. The van der Waals surface area contributed by atoms with Gasteiger partial charge in [-0.15, -0.1) is 0 Å². The first-order chi connectivity index (χ1) is 13.3. The van der Waals surface area contributed by atoms with Crippen LogP contribution in [0.15, 0.2) is 30.0 Å². The number of carbonyl (C=O) groups excluding carboxylic acids is 1. The standard InChI is InChI=1S/C19H17F3N4O2/c1-10-6-15-12(17(10)19(20,21)22)7-11(8-24-15)14-3-2-13(23)18(25-14)26-4-5-28-9-16(26)27/h2-3,7-8H,4-6,9,23H2,1H3. The van der Waals surface area contributed by atoms with E-state index in [1.807, 2.05) is 0 Å². The van der Waals surface area contributed by atoms with Gasteiger partial charge in [0.15, 0.2) is 5.82 Å². The number of carbonyl (C=O) groups is 1. The molecule has 4 rings (SSSR count). The quantitative estimate of drug-likeness (QED) is 0.853. The number of nitrogen functional groups attached to an aromatic ring is 1. The third kappa shape index (κ3) is 3.11. The summed E-state index contributed by atoms with van der Waals surface area (Å²) in [6.07, 6.45) is -2.78. The van der Waals surface area contributed by atoms with Crippen molar-refractivity contribution in [3.05, 3.63) is 41.2 Å². The van der Waals surface area contributed by atoms with E-state index in [2.05, 4.69) is 9.97 Å². The molecule has 0 radical (unpaired) electrons. The highest BCUT2D eigenvalue weighted by Gasteiger charge is 2.40. The van der Waals surface area contributed by atoms with E-state index < -0.39 is 11.7 Å². The number of allylic oxidation sites excluding steroid dienone is 2. The lowest BCUT2D eigenvalue weighted by Crippen LogP contribution is -2.42. The maximum absolute atomic E-state index is 13.5. The van der Waals surface area contributed by atoms with Crippen LogP contribution in [0.1, 0.15) is 18.2 Å². The molecular formula is C19H17F3N4O2. The average molecular weight is 390 g/mol. The molecule has 1 saturated heterocycles. The number of halogens is 3. The fraction of sp³-hybridized carbons (Fsp3) is 0.316. The van der Waals surface area contributed by atoms with E-state index >= 15 is 0 Å². The van der Waals surface area contributed by atoms with Crippen molar-refractivity contribution in [3.63, 3.8) is 0 Å². The number of pyridine rings is 2. The first-order valence-corrected chi connectivity index (χ1v) is 8.67. The van der Waals surface area contributed by atoms with Crippen LogP contribution in [-0.4, -0.2) is 41.8 Å². The molecule has 3 heterocycles. The van der Waals surface area contributed by atoms with Crippen LogP contribution in [0, 0.1) is 0 Å². The molecule has 1 fully saturated rings. The van der Waals surface area contributed by atoms with Crippen molar-refractivity contribution in [1.82, 2.24) is 9.97 Å². The summed E-state index contributed by atoms with van der Waals surface area (Å²) < 4.78 is 45.5. The second kappa shape index (κ2) is 6.59. The molecule has 9 heteroatoms. The zero-order valence-electron chi connectivity index (χ0n) is 15.0. The highest BCUT2D eigenvalue weighted by molar-refractivity contribution is 5.96. The number of nitrogens with zero attached hydrogens (tertiary/aromatic N) is 3. The molecule has 0 bridgehead atoms. The van der Waals surface area contributed by atoms with Crippen molar-refractivity contribution in [2.45, 2.75) is 19.5 Å². The van der Waals surface area contributed by atoms with Crippen LogP contribution in [0.4, 0.5) is 24.7 Å². The van der Waals surface area contributed by atoms with E-state index in [9.17, 15) is 18.0 Å². The number of anilines is 2. The molecule has 2 N–H and O–H groups in total. The Morgan fingerprint density at radius 2 is 2.07 bits per heavy atom. The summed E-state index contributed by atoms with van der Waals surface area (Å²) in [7, 11) is 0. The predicted octanol–water partition coefficient (Wildman–Crippen LogP) is 2.98. The molecule has 0 unspecified atom stereocenters. The Kier molecular flexibility index (Phi) is 4.34. The Morgan fingerprint density at radius 1 is 1.29 bits per heavy atom. The first-order valence-electron chi connectivity index (χ1n) is 8.67. The molecule has 0 saturated carbocycles. The van der Waals surface area contributed by atoms with E-state index in [1.165, 1.54) is 24.1 Å². The fourth-order valence-corrected chi connectivity index (χ4v) is 3.53. The third-order valence-electron chi connectivity index (χ3n) is 4.82. The van der Waals surface area contributed by atoms with Gasteiger partial charge in [-0.2, -0.15) is 13.2 Å². The Labute approximate surface area is 158 Å². The van der Waals surface area contributed by atoms with Gasteiger partial charge in [-0.05, 0) is 25.1 Å². The normalized spacial score (nSPS) is 17.3. The van der Waals surface area contributed by atoms with Crippen LogP contribution < -0.4 is 10.6 Å². The van der Waals surface area contributed by atoms with E-state index in [0.29, 0.717) is 35.8 Å². The van der Waals surface area contributed by atoms with Crippen LogP contribution >= 0.6 is 0 Å². The second-order valence-electron chi connectivity index (χ2n) is 6.76. The lowest BCUT2D eigenvalue weighted by molar-refractivity contribution is -0.125. The third-order valence-corrected chi connectivity index (χ3v) is 4.82. The molecule has 2 aromatic heterocycles. The van der Waals surface area contributed by atoms with Gasteiger partial charge in [0, 0.05) is 23.7 Å². The van der Waals surface area contributed by atoms with E-state index in [4.69, 9.17) is 10.5 Å². The zero-order valence-corrected chi connectivity index (χ0v) is 15.0. The Morgan fingerprint density at radius 3 is 2.79 bits per heavy atom. The number of nitrogens with two attached hydrogens (primary N) is 1. The molecule has 1 aliphatic heterocycles. The number of fused-ring (bicyclic) bond motifs is 1. The van der Waals surface area contributed by atoms with Crippen molar-refractivity contribution >= 4 is 23.0 Å². The summed E-state index contributed by atoms with van der Waals surface area (Å²) in [5, 5.41) is 0. The maximum atomic E-state index is 13.5. The van der Waals surface area contributed by atoms with Crippen LogP contribution in [0.3, 0.4) is 0 Å². The van der Waals surface area contributed by atoms with Crippen LogP contribution in [0.2, 0.25) is 0 Å². The molecule has 2 aromatic rings. The lowest BCUT2D eigenvalue weighted by atomic mass is 10.0. The van der Waals surface area contributed by atoms with Gasteiger partial charge < -0.3 is 10.5 Å². The molecule has 0 atom stereocenters. The summed E-state index contributed by atoms with van der Waals surface area (Å²) in [6.45, 7) is 2.07. The zero-order chi connectivity index (χ0) is 20.1. The Bertz CT molecular complexity index is 1000. The van der Waals surface area contributed by atoms with Gasteiger partial charge in [-0.25, -0.2) is 4.98 Å². The number of alkyl halides is 3. The summed E-state index contributed by atoms with van der Waals surface area (Å²) >= 11 is 0. The van der Waals surface area contributed by atoms with Crippen molar-refractivity contribution in [1.29, 1.82) is 0 Å². The van der Waals surface area contributed by atoms with Crippen molar-refractivity contribution in [2.75, 3.05) is 30.4 Å². The minimum Gasteiger partial charge on any atom is -0.396 e. The van der Waals surface area contributed by atoms with Crippen LogP contribution in [-0.2, 0) is 16.0 Å². The molecule has 1 amide bonds. The lowest BCUT2D eigenvalue weighted by Gasteiger charge is -2.27. The molecule has 146 valence electrons. The molecule has 0 spiro atoms. The molecule has 1 aliphatic carbocycles. The number of rotatable bonds is 2. The number of morpholine rings is 1. The Balaban J connectivity index is 1.76. The highest BCUT2D eigenvalue weighted by Crippen LogP contribution is 2.43. The number of amides is 1. The van der Waals surface area contributed by atoms with E-state index in [0.717, 1.165) is 0 Å². The van der Waals surface area contributed by atoms with Crippen molar-refractivity contribution < 1.29 is 22.7 Å². The Hall–Kier alpha value is -2.94. The van der Waals surface area contributed by atoms with Gasteiger partial charge in [0.05, 0.1) is 35.8 Å². The maximum Gasteiger partial charge on any atom is 0.417 e. The second-order valence-corrected chi connectivity index (χ2v) is 6.76. The summed E-state index contributed by atoms with van der Waals surface area (Å²) in [6, 6.07) is 4.64. The van der Waals surface area contributed by atoms with E-state index in [1.54, 1.807) is 12.1 Å².